The van der Waals surface area contributed by atoms with Crippen LogP contribution in [0.2, 0.25) is 0 Å². The first-order valence-corrected chi connectivity index (χ1v) is 5.97. The Kier molecular flexibility index (Phi) is 3.33. The SMILES string of the molecule is NC(=O)C1CCN(c2cc(F)c(F)c(Br)c2)C1. The maximum atomic E-state index is 13.2. The number of primary amides is 1. The summed E-state index contributed by atoms with van der Waals surface area (Å²) in [4.78, 5) is 12.8. The van der Waals surface area contributed by atoms with Crippen LogP contribution >= 0.6 is 15.9 Å². The molecule has 0 spiro atoms. The molecule has 1 amide bonds. The number of rotatable bonds is 2. The monoisotopic (exact) mass is 304 g/mol. The van der Waals surface area contributed by atoms with E-state index in [0.717, 1.165) is 6.07 Å². The maximum Gasteiger partial charge on any atom is 0.222 e. The zero-order valence-electron chi connectivity index (χ0n) is 8.92. The van der Waals surface area contributed by atoms with Gasteiger partial charge in [-0.1, -0.05) is 0 Å². The number of hydrogen-bond acceptors (Lipinski definition) is 2. The summed E-state index contributed by atoms with van der Waals surface area (Å²) in [5.74, 6) is -2.38. The fourth-order valence-electron chi connectivity index (χ4n) is 1.95. The highest BCUT2D eigenvalue weighted by Gasteiger charge is 2.27. The van der Waals surface area contributed by atoms with Crippen molar-refractivity contribution in [1.29, 1.82) is 0 Å². The first-order valence-electron chi connectivity index (χ1n) is 5.18. The van der Waals surface area contributed by atoms with Gasteiger partial charge in [0.05, 0.1) is 10.4 Å². The van der Waals surface area contributed by atoms with E-state index in [0.29, 0.717) is 25.2 Å². The summed E-state index contributed by atoms with van der Waals surface area (Å²) in [6, 6.07) is 2.63. The van der Waals surface area contributed by atoms with Crippen molar-refractivity contribution in [3.63, 3.8) is 0 Å². The molecule has 1 aromatic carbocycles. The Bertz CT molecular complexity index is 444. The van der Waals surface area contributed by atoms with Crippen molar-refractivity contribution in [3.05, 3.63) is 28.2 Å². The molecule has 1 aliphatic rings. The Balaban J connectivity index is 2.22. The third-order valence-corrected chi connectivity index (χ3v) is 3.50. The maximum absolute atomic E-state index is 13.2. The van der Waals surface area contributed by atoms with Crippen LogP contribution in [-0.2, 0) is 4.79 Å². The molecule has 6 heteroatoms. The van der Waals surface area contributed by atoms with Crippen molar-refractivity contribution in [3.8, 4) is 0 Å². The number of benzene rings is 1. The molecule has 1 aliphatic heterocycles. The summed E-state index contributed by atoms with van der Waals surface area (Å²) in [5, 5.41) is 0. The first-order chi connectivity index (χ1) is 7.99. The number of nitrogens with two attached hydrogens (primary N) is 1. The Morgan fingerprint density at radius 1 is 1.47 bits per heavy atom. The summed E-state index contributed by atoms with van der Waals surface area (Å²) in [6.07, 6.45) is 0.645. The quantitative estimate of drug-likeness (QED) is 0.850. The largest absolute Gasteiger partial charge is 0.371 e. The predicted octanol–water partition coefficient (Wildman–Crippen LogP) is 2.04. The minimum absolute atomic E-state index is 0.0787. The molecule has 17 heavy (non-hydrogen) atoms. The van der Waals surface area contributed by atoms with Crippen LogP contribution < -0.4 is 10.6 Å². The van der Waals surface area contributed by atoms with Crippen molar-refractivity contribution < 1.29 is 13.6 Å². The second-order valence-electron chi connectivity index (χ2n) is 4.06. The number of amides is 1. The molecule has 1 aromatic rings. The van der Waals surface area contributed by atoms with Gasteiger partial charge in [0.1, 0.15) is 0 Å². The fraction of sp³-hybridized carbons (Fsp3) is 0.364. The zero-order chi connectivity index (χ0) is 12.6. The molecule has 0 aliphatic carbocycles. The number of carbonyl (C=O) groups is 1. The molecule has 3 nitrogen and oxygen atoms in total. The molecule has 0 aromatic heterocycles. The van der Waals surface area contributed by atoms with E-state index >= 15 is 0 Å². The lowest BCUT2D eigenvalue weighted by Crippen LogP contribution is -2.27. The number of halogens is 3. The smallest absolute Gasteiger partial charge is 0.222 e. The second kappa shape index (κ2) is 4.60. The normalized spacial score (nSPS) is 19.7. The average molecular weight is 305 g/mol. The number of nitrogens with zero attached hydrogens (tertiary/aromatic N) is 1. The summed E-state index contributed by atoms with van der Waals surface area (Å²) in [6.45, 7) is 1.07. The number of carbonyl (C=O) groups excluding carboxylic acids is 1. The Morgan fingerprint density at radius 3 is 2.71 bits per heavy atom. The van der Waals surface area contributed by atoms with E-state index < -0.39 is 11.6 Å². The van der Waals surface area contributed by atoms with E-state index in [1.165, 1.54) is 6.07 Å². The Labute approximate surface area is 106 Å². The summed E-state index contributed by atoms with van der Waals surface area (Å²) in [7, 11) is 0. The van der Waals surface area contributed by atoms with Crippen LogP contribution in [0.1, 0.15) is 6.42 Å². The molecular weight excluding hydrogens is 294 g/mol. The van der Waals surface area contributed by atoms with Crippen LogP contribution in [0.25, 0.3) is 0 Å². The van der Waals surface area contributed by atoms with Gasteiger partial charge in [-0.05, 0) is 28.4 Å². The van der Waals surface area contributed by atoms with Crippen molar-refractivity contribution in [2.24, 2.45) is 11.7 Å². The van der Waals surface area contributed by atoms with Gasteiger partial charge in [-0.15, -0.1) is 0 Å². The molecule has 0 radical (unpaired) electrons. The molecule has 1 atom stereocenters. The highest BCUT2D eigenvalue weighted by Crippen LogP contribution is 2.29. The molecule has 1 unspecified atom stereocenters. The molecule has 1 heterocycles. The van der Waals surface area contributed by atoms with E-state index in [1.54, 1.807) is 0 Å². The fourth-order valence-corrected chi connectivity index (χ4v) is 2.38. The van der Waals surface area contributed by atoms with Crippen molar-refractivity contribution in [2.75, 3.05) is 18.0 Å². The second-order valence-corrected chi connectivity index (χ2v) is 4.91. The van der Waals surface area contributed by atoms with Crippen LogP contribution in [0.15, 0.2) is 16.6 Å². The van der Waals surface area contributed by atoms with E-state index in [2.05, 4.69) is 15.9 Å². The summed E-state index contributed by atoms with van der Waals surface area (Å²) in [5.41, 5.74) is 5.77. The van der Waals surface area contributed by atoms with Gasteiger partial charge in [0, 0.05) is 24.8 Å². The minimum Gasteiger partial charge on any atom is -0.371 e. The first kappa shape index (κ1) is 12.3. The Hall–Kier alpha value is -1.17. The molecule has 92 valence electrons. The number of anilines is 1. The van der Waals surface area contributed by atoms with E-state index in [4.69, 9.17) is 5.73 Å². The summed E-state index contributed by atoms with van der Waals surface area (Å²) < 4.78 is 26.4. The van der Waals surface area contributed by atoms with Crippen LogP contribution in [0.5, 0.6) is 0 Å². The van der Waals surface area contributed by atoms with Crippen LogP contribution in [-0.4, -0.2) is 19.0 Å². The van der Waals surface area contributed by atoms with Crippen molar-refractivity contribution in [2.45, 2.75) is 6.42 Å². The molecular formula is C11H11BrF2N2O. The standard InChI is InChI=1S/C11H11BrF2N2O/c12-8-3-7(4-9(13)10(8)14)16-2-1-6(5-16)11(15)17/h3-4,6H,1-2,5H2,(H2,15,17). The lowest BCUT2D eigenvalue weighted by molar-refractivity contribution is -0.121. The van der Waals surface area contributed by atoms with Crippen molar-refractivity contribution >= 4 is 27.5 Å². The Morgan fingerprint density at radius 2 is 2.18 bits per heavy atom. The lowest BCUT2D eigenvalue weighted by Gasteiger charge is -2.18. The van der Waals surface area contributed by atoms with E-state index in [-0.39, 0.29) is 16.3 Å². The van der Waals surface area contributed by atoms with E-state index in [1.807, 2.05) is 4.90 Å². The molecule has 2 N–H and O–H groups in total. The lowest BCUT2D eigenvalue weighted by atomic mass is 10.1. The zero-order valence-corrected chi connectivity index (χ0v) is 10.5. The highest BCUT2D eigenvalue weighted by atomic mass is 79.9. The van der Waals surface area contributed by atoms with Gasteiger partial charge in [-0.2, -0.15) is 0 Å². The molecule has 1 saturated heterocycles. The van der Waals surface area contributed by atoms with Gasteiger partial charge in [0.2, 0.25) is 5.91 Å². The van der Waals surface area contributed by atoms with Crippen LogP contribution in [0.3, 0.4) is 0 Å². The van der Waals surface area contributed by atoms with Gasteiger partial charge in [-0.25, -0.2) is 8.78 Å². The van der Waals surface area contributed by atoms with Gasteiger partial charge in [-0.3, -0.25) is 4.79 Å². The third-order valence-electron chi connectivity index (χ3n) is 2.92. The molecule has 1 fully saturated rings. The van der Waals surface area contributed by atoms with Crippen LogP contribution in [0, 0.1) is 17.6 Å². The highest BCUT2D eigenvalue weighted by molar-refractivity contribution is 9.10. The molecule has 2 rings (SSSR count). The van der Waals surface area contributed by atoms with Crippen molar-refractivity contribution in [1.82, 2.24) is 0 Å². The van der Waals surface area contributed by atoms with Gasteiger partial charge >= 0.3 is 0 Å². The minimum atomic E-state index is -0.906. The van der Waals surface area contributed by atoms with Gasteiger partial charge in [0.15, 0.2) is 11.6 Å². The van der Waals surface area contributed by atoms with Gasteiger partial charge in [0.25, 0.3) is 0 Å². The third kappa shape index (κ3) is 2.41. The molecule has 0 saturated carbocycles. The van der Waals surface area contributed by atoms with Crippen LogP contribution in [0.4, 0.5) is 14.5 Å². The predicted molar refractivity (Wildman–Crippen MR) is 63.6 cm³/mol. The number of hydrogen-bond donors (Lipinski definition) is 1. The van der Waals surface area contributed by atoms with E-state index in [9.17, 15) is 13.6 Å². The topological polar surface area (TPSA) is 46.3 Å². The molecule has 0 bridgehead atoms. The average Bonchev–Trinajstić information content (AvgIpc) is 2.74. The summed E-state index contributed by atoms with van der Waals surface area (Å²) >= 11 is 2.95. The van der Waals surface area contributed by atoms with Gasteiger partial charge < -0.3 is 10.6 Å².